The van der Waals surface area contributed by atoms with Gasteiger partial charge in [-0.2, -0.15) is 15.3 Å². The fourth-order valence-corrected chi connectivity index (χ4v) is 5.08. The van der Waals surface area contributed by atoms with Crippen molar-refractivity contribution in [3.8, 4) is 28.1 Å². The van der Waals surface area contributed by atoms with Crippen LogP contribution < -0.4 is 0 Å². The Bertz CT molecular complexity index is 1580. The molecule has 1 aromatic carbocycles. The quantitative estimate of drug-likeness (QED) is 0.375. The number of halogens is 1. The number of hydrogen-bond acceptors (Lipinski definition) is 6. The van der Waals surface area contributed by atoms with Crippen LogP contribution in [-0.2, 0) is 13.5 Å². The summed E-state index contributed by atoms with van der Waals surface area (Å²) < 4.78 is 18.0. The molecule has 1 saturated heterocycles. The largest absolute Gasteiger partial charge is 0.507 e. The Morgan fingerprint density at radius 3 is 2.59 bits per heavy atom. The number of nitrogens with zero attached hydrogens (tertiary/aromatic N) is 7. The van der Waals surface area contributed by atoms with Gasteiger partial charge in [-0.15, -0.1) is 0 Å². The van der Waals surface area contributed by atoms with E-state index in [2.05, 4.69) is 38.3 Å². The fraction of sp³-hybridized carbons (Fsp3) is 0.286. The van der Waals surface area contributed by atoms with E-state index < -0.39 is 5.82 Å². The fourth-order valence-electron chi connectivity index (χ4n) is 5.08. The molecule has 0 radical (unpaired) electrons. The number of aromatic hydroxyl groups is 1. The number of benzene rings is 1. The molecule has 1 aliphatic rings. The zero-order valence-electron chi connectivity index (χ0n) is 21.0. The minimum absolute atomic E-state index is 0.0703. The SMILES string of the molecule is Cc1cn2cc(-c3ccc(-c4ccc(C5CN(C(C)Cc6cnn(C)c6)C5)nn4)c(O)c3)cc(F)c2n1. The number of aromatic nitrogens is 6. The number of aryl methyl sites for hydroxylation is 2. The van der Waals surface area contributed by atoms with Gasteiger partial charge in [0.05, 0.1) is 23.3 Å². The van der Waals surface area contributed by atoms with Crippen LogP contribution in [0, 0.1) is 12.7 Å². The van der Waals surface area contributed by atoms with Crippen molar-refractivity contribution in [3.63, 3.8) is 0 Å². The molecule has 0 spiro atoms. The molecule has 0 aliphatic carbocycles. The van der Waals surface area contributed by atoms with Gasteiger partial charge >= 0.3 is 0 Å². The summed E-state index contributed by atoms with van der Waals surface area (Å²) in [6.45, 7) is 5.97. The van der Waals surface area contributed by atoms with Gasteiger partial charge in [0, 0.05) is 61.8 Å². The van der Waals surface area contributed by atoms with Gasteiger partial charge in [0.25, 0.3) is 0 Å². The molecule has 4 aromatic heterocycles. The summed E-state index contributed by atoms with van der Waals surface area (Å²) in [5, 5.41) is 23.9. The molecule has 1 unspecified atom stereocenters. The summed E-state index contributed by atoms with van der Waals surface area (Å²) >= 11 is 0. The Labute approximate surface area is 214 Å². The number of fused-ring (bicyclic) bond motifs is 1. The van der Waals surface area contributed by atoms with Crippen LogP contribution in [0.4, 0.5) is 4.39 Å². The normalized spacial score (nSPS) is 15.2. The maximum atomic E-state index is 14.5. The van der Waals surface area contributed by atoms with Crippen molar-refractivity contribution in [2.75, 3.05) is 13.1 Å². The molecule has 1 aliphatic heterocycles. The lowest BCUT2D eigenvalue weighted by atomic mass is 9.92. The standard InChI is InChI=1S/C28H28FN7O/c1-17-12-36-14-21(9-24(29)28(36)31-17)20-4-5-23(27(37)10-20)26-7-6-25(32-33-26)22-15-35(16-22)18(2)8-19-11-30-34(3)13-19/h4-7,9-14,18,22,37H,8,15-16H2,1-3H3. The van der Waals surface area contributed by atoms with Gasteiger partial charge in [-0.3, -0.25) is 9.58 Å². The Hall–Kier alpha value is -4.11. The van der Waals surface area contributed by atoms with Crippen LogP contribution >= 0.6 is 0 Å². The molecule has 1 fully saturated rings. The Morgan fingerprint density at radius 1 is 1.05 bits per heavy atom. The van der Waals surface area contributed by atoms with Crippen LogP contribution in [-0.4, -0.2) is 58.5 Å². The Kier molecular flexibility index (Phi) is 5.72. The van der Waals surface area contributed by atoms with Gasteiger partial charge in [-0.1, -0.05) is 6.07 Å². The van der Waals surface area contributed by atoms with Crippen LogP contribution in [0.15, 0.2) is 61.2 Å². The van der Waals surface area contributed by atoms with Crippen molar-refractivity contribution >= 4 is 5.65 Å². The third kappa shape index (κ3) is 4.46. The van der Waals surface area contributed by atoms with Gasteiger partial charge in [0.15, 0.2) is 11.5 Å². The van der Waals surface area contributed by atoms with Crippen LogP contribution in [0.1, 0.15) is 29.8 Å². The topological polar surface area (TPSA) is 84.4 Å². The smallest absolute Gasteiger partial charge is 0.173 e. The van der Waals surface area contributed by atoms with Crippen molar-refractivity contribution in [2.45, 2.75) is 32.2 Å². The van der Waals surface area contributed by atoms with Crippen molar-refractivity contribution in [1.29, 1.82) is 0 Å². The molecule has 0 amide bonds. The second kappa shape index (κ2) is 9.08. The van der Waals surface area contributed by atoms with E-state index in [1.54, 1.807) is 28.9 Å². The van der Waals surface area contributed by atoms with E-state index in [0.717, 1.165) is 30.9 Å². The van der Waals surface area contributed by atoms with Crippen molar-refractivity contribution < 1.29 is 9.50 Å². The molecule has 0 saturated carbocycles. The Morgan fingerprint density at radius 2 is 1.89 bits per heavy atom. The molecule has 5 aromatic rings. The lowest BCUT2D eigenvalue weighted by Gasteiger charge is -2.42. The van der Waals surface area contributed by atoms with Gasteiger partial charge < -0.3 is 9.51 Å². The monoisotopic (exact) mass is 497 g/mol. The zero-order chi connectivity index (χ0) is 25.7. The molecule has 0 bridgehead atoms. The predicted octanol–water partition coefficient (Wildman–Crippen LogP) is 4.38. The first kappa shape index (κ1) is 23.3. The number of rotatable bonds is 6. The molecule has 6 rings (SSSR count). The minimum atomic E-state index is -0.406. The molecule has 37 heavy (non-hydrogen) atoms. The van der Waals surface area contributed by atoms with Crippen LogP contribution in [0.25, 0.3) is 28.0 Å². The second-order valence-electron chi connectivity index (χ2n) is 9.99. The van der Waals surface area contributed by atoms with Crippen LogP contribution in [0.3, 0.4) is 0 Å². The van der Waals surface area contributed by atoms with Crippen molar-refractivity contribution in [1.82, 2.24) is 34.3 Å². The highest BCUT2D eigenvalue weighted by molar-refractivity contribution is 5.74. The summed E-state index contributed by atoms with van der Waals surface area (Å²) in [6.07, 6.45) is 8.55. The van der Waals surface area contributed by atoms with E-state index in [0.29, 0.717) is 34.3 Å². The number of phenols is 1. The summed E-state index contributed by atoms with van der Waals surface area (Å²) in [4.78, 5) is 6.64. The highest BCUT2D eigenvalue weighted by atomic mass is 19.1. The molecule has 188 valence electrons. The third-order valence-electron chi connectivity index (χ3n) is 7.16. The molecule has 5 heterocycles. The lowest BCUT2D eigenvalue weighted by Crippen LogP contribution is -2.50. The van der Waals surface area contributed by atoms with Gasteiger partial charge in [0.2, 0.25) is 0 Å². The third-order valence-corrected chi connectivity index (χ3v) is 7.16. The van der Waals surface area contributed by atoms with E-state index in [4.69, 9.17) is 0 Å². The van der Waals surface area contributed by atoms with E-state index in [-0.39, 0.29) is 11.4 Å². The second-order valence-corrected chi connectivity index (χ2v) is 9.99. The first-order valence-electron chi connectivity index (χ1n) is 12.4. The average Bonchev–Trinajstić information content (AvgIpc) is 3.43. The van der Waals surface area contributed by atoms with Crippen molar-refractivity contribution in [3.05, 3.63) is 84.0 Å². The van der Waals surface area contributed by atoms with E-state index in [1.807, 2.05) is 43.0 Å². The highest BCUT2D eigenvalue weighted by Gasteiger charge is 2.32. The van der Waals surface area contributed by atoms with Crippen molar-refractivity contribution in [2.24, 2.45) is 7.05 Å². The predicted molar refractivity (Wildman–Crippen MR) is 139 cm³/mol. The number of imidazole rings is 1. The van der Waals surface area contributed by atoms with Crippen LogP contribution in [0.2, 0.25) is 0 Å². The number of phenolic OH excluding ortho intramolecular Hbond substituents is 1. The average molecular weight is 498 g/mol. The summed E-state index contributed by atoms with van der Waals surface area (Å²) in [6, 6.07) is 11.0. The maximum Gasteiger partial charge on any atom is 0.173 e. The molecule has 1 atom stereocenters. The van der Waals surface area contributed by atoms with E-state index >= 15 is 0 Å². The summed E-state index contributed by atoms with van der Waals surface area (Å²) in [7, 11) is 1.94. The van der Waals surface area contributed by atoms with E-state index in [1.165, 1.54) is 11.6 Å². The summed E-state index contributed by atoms with van der Waals surface area (Å²) in [5.41, 5.74) is 5.77. The number of pyridine rings is 1. The molecule has 1 N–H and O–H groups in total. The zero-order valence-corrected chi connectivity index (χ0v) is 21.0. The van der Waals surface area contributed by atoms with E-state index in [9.17, 15) is 9.50 Å². The molecular formula is C28H28FN7O. The summed E-state index contributed by atoms with van der Waals surface area (Å²) in [5.74, 6) is 0.0167. The minimum Gasteiger partial charge on any atom is -0.507 e. The highest BCUT2D eigenvalue weighted by Crippen LogP contribution is 2.34. The number of hydrogen-bond donors (Lipinski definition) is 1. The first-order chi connectivity index (χ1) is 17.8. The molecule has 8 nitrogen and oxygen atoms in total. The van der Waals surface area contributed by atoms with Gasteiger partial charge in [-0.05, 0) is 61.7 Å². The number of likely N-dealkylation sites (tertiary alicyclic amines) is 1. The lowest BCUT2D eigenvalue weighted by molar-refractivity contribution is 0.0980. The maximum absolute atomic E-state index is 14.5. The Balaban J connectivity index is 1.14. The first-order valence-corrected chi connectivity index (χ1v) is 12.4. The van der Waals surface area contributed by atoms with Gasteiger partial charge in [-0.25, -0.2) is 9.37 Å². The van der Waals surface area contributed by atoms with Crippen LogP contribution in [0.5, 0.6) is 5.75 Å². The van der Waals surface area contributed by atoms with Gasteiger partial charge in [0.1, 0.15) is 5.75 Å². The molecular weight excluding hydrogens is 469 g/mol. The molecule has 9 heteroatoms.